The van der Waals surface area contributed by atoms with Gasteiger partial charge in [0.1, 0.15) is 5.54 Å². The molecule has 1 unspecified atom stereocenters. The van der Waals surface area contributed by atoms with Crippen LogP contribution in [0.15, 0.2) is 0 Å². The van der Waals surface area contributed by atoms with Crippen molar-refractivity contribution in [3.63, 3.8) is 0 Å². The smallest absolute Gasteiger partial charge is 0.320 e. The Balaban J connectivity index is 2.57. The van der Waals surface area contributed by atoms with Crippen LogP contribution in [0, 0.1) is 17.2 Å². The maximum absolute atomic E-state index is 12.1. The van der Waals surface area contributed by atoms with Gasteiger partial charge < -0.3 is 10.1 Å². The highest BCUT2D eigenvalue weighted by Gasteiger charge is 2.34. The van der Waals surface area contributed by atoms with Crippen molar-refractivity contribution in [2.45, 2.75) is 52.1 Å². The van der Waals surface area contributed by atoms with Crippen molar-refractivity contribution in [3.05, 3.63) is 0 Å². The van der Waals surface area contributed by atoms with E-state index in [-0.39, 0.29) is 36.9 Å². The van der Waals surface area contributed by atoms with E-state index in [0.717, 1.165) is 12.8 Å². The van der Waals surface area contributed by atoms with E-state index in [1.807, 2.05) is 18.7 Å². The summed E-state index contributed by atoms with van der Waals surface area (Å²) in [5.41, 5.74) is -0.893. The molecule has 0 heterocycles. The fraction of sp³-hybridized carbons (Fsp3) is 0.800. The Morgan fingerprint density at radius 2 is 2.05 bits per heavy atom. The summed E-state index contributed by atoms with van der Waals surface area (Å²) >= 11 is 0. The van der Waals surface area contributed by atoms with Gasteiger partial charge in [0.15, 0.2) is 0 Å². The molecule has 1 saturated carbocycles. The standard InChI is InChI=1S/C15H25N3O3/c1-5-21-14(20)9-18(12-6-7-12)8-13(19)17-15(4,10-16)11(2)3/h11-12H,5-9H2,1-4H3,(H,17,19). The van der Waals surface area contributed by atoms with Crippen LogP contribution in [0.4, 0.5) is 0 Å². The number of nitrogens with one attached hydrogen (secondary N) is 1. The van der Waals surface area contributed by atoms with Crippen LogP contribution in [0.2, 0.25) is 0 Å². The second-order valence-corrected chi connectivity index (χ2v) is 5.96. The largest absolute Gasteiger partial charge is 0.465 e. The molecule has 1 amide bonds. The van der Waals surface area contributed by atoms with E-state index >= 15 is 0 Å². The first-order chi connectivity index (χ1) is 9.82. The molecular weight excluding hydrogens is 270 g/mol. The van der Waals surface area contributed by atoms with Crippen LogP contribution in [-0.4, -0.2) is 48.1 Å². The van der Waals surface area contributed by atoms with Gasteiger partial charge in [-0.2, -0.15) is 5.26 Å². The summed E-state index contributed by atoms with van der Waals surface area (Å²) in [6.45, 7) is 7.82. The number of nitriles is 1. The monoisotopic (exact) mass is 295 g/mol. The van der Waals surface area contributed by atoms with Crippen molar-refractivity contribution in [3.8, 4) is 6.07 Å². The van der Waals surface area contributed by atoms with Crippen molar-refractivity contribution in [1.29, 1.82) is 5.26 Å². The Bertz CT molecular complexity index is 426. The summed E-state index contributed by atoms with van der Waals surface area (Å²) in [7, 11) is 0. The van der Waals surface area contributed by atoms with Gasteiger partial charge in [-0.3, -0.25) is 14.5 Å². The van der Waals surface area contributed by atoms with Crippen LogP contribution >= 0.6 is 0 Å². The minimum absolute atomic E-state index is 0.00545. The Morgan fingerprint density at radius 1 is 1.43 bits per heavy atom. The average Bonchev–Trinajstić information content (AvgIpc) is 3.22. The second-order valence-electron chi connectivity index (χ2n) is 5.96. The van der Waals surface area contributed by atoms with E-state index < -0.39 is 5.54 Å². The second kappa shape index (κ2) is 7.41. The van der Waals surface area contributed by atoms with E-state index in [0.29, 0.717) is 6.61 Å². The van der Waals surface area contributed by atoms with Gasteiger partial charge in [-0.25, -0.2) is 0 Å². The number of hydrogen-bond acceptors (Lipinski definition) is 5. The quantitative estimate of drug-likeness (QED) is 0.677. The minimum atomic E-state index is -0.893. The Hall–Kier alpha value is -1.61. The van der Waals surface area contributed by atoms with Crippen LogP contribution < -0.4 is 5.32 Å². The first-order valence-corrected chi connectivity index (χ1v) is 7.44. The third-order valence-electron chi connectivity index (χ3n) is 3.83. The van der Waals surface area contributed by atoms with Crippen LogP contribution in [-0.2, 0) is 14.3 Å². The highest BCUT2D eigenvalue weighted by atomic mass is 16.5. The zero-order valence-corrected chi connectivity index (χ0v) is 13.3. The predicted molar refractivity (Wildman–Crippen MR) is 78.2 cm³/mol. The number of carbonyl (C=O) groups excluding carboxylic acids is 2. The fourth-order valence-corrected chi connectivity index (χ4v) is 1.94. The Labute approximate surface area is 126 Å². The number of carbonyl (C=O) groups is 2. The van der Waals surface area contributed by atoms with Crippen molar-refractivity contribution in [1.82, 2.24) is 10.2 Å². The summed E-state index contributed by atoms with van der Waals surface area (Å²) in [6, 6.07) is 2.42. The molecule has 118 valence electrons. The molecule has 1 atom stereocenters. The number of ether oxygens (including phenoxy) is 1. The highest BCUT2D eigenvalue weighted by Crippen LogP contribution is 2.26. The van der Waals surface area contributed by atoms with Gasteiger partial charge in [-0.15, -0.1) is 0 Å². The molecule has 6 nitrogen and oxygen atoms in total. The first kappa shape index (κ1) is 17.4. The summed E-state index contributed by atoms with van der Waals surface area (Å²) in [6.07, 6.45) is 1.98. The molecule has 21 heavy (non-hydrogen) atoms. The molecule has 1 aliphatic carbocycles. The van der Waals surface area contributed by atoms with E-state index in [1.54, 1.807) is 13.8 Å². The number of hydrogen-bond donors (Lipinski definition) is 1. The SMILES string of the molecule is CCOC(=O)CN(CC(=O)NC(C)(C#N)C(C)C)C1CC1. The first-order valence-electron chi connectivity index (χ1n) is 7.44. The molecule has 0 aromatic heterocycles. The molecule has 0 bridgehead atoms. The van der Waals surface area contributed by atoms with Crippen molar-refractivity contribution >= 4 is 11.9 Å². The van der Waals surface area contributed by atoms with Crippen molar-refractivity contribution in [2.75, 3.05) is 19.7 Å². The van der Waals surface area contributed by atoms with Crippen molar-refractivity contribution in [2.24, 2.45) is 5.92 Å². The number of nitrogens with zero attached hydrogens (tertiary/aromatic N) is 2. The Morgan fingerprint density at radius 3 is 2.48 bits per heavy atom. The lowest BCUT2D eigenvalue weighted by atomic mass is 9.90. The summed E-state index contributed by atoms with van der Waals surface area (Å²) < 4.78 is 4.93. The fourth-order valence-electron chi connectivity index (χ4n) is 1.94. The zero-order chi connectivity index (χ0) is 16.0. The van der Waals surface area contributed by atoms with E-state index in [4.69, 9.17) is 4.74 Å². The third-order valence-corrected chi connectivity index (χ3v) is 3.83. The number of rotatable bonds is 8. The topological polar surface area (TPSA) is 82.4 Å². The van der Waals surface area contributed by atoms with Crippen LogP contribution in [0.3, 0.4) is 0 Å². The molecule has 0 aliphatic heterocycles. The zero-order valence-electron chi connectivity index (χ0n) is 13.3. The molecule has 1 rings (SSSR count). The van der Waals surface area contributed by atoms with E-state index in [2.05, 4.69) is 11.4 Å². The lowest BCUT2D eigenvalue weighted by Crippen LogP contribution is -2.52. The molecule has 1 aliphatic rings. The van der Waals surface area contributed by atoms with Gasteiger partial charge in [0.25, 0.3) is 0 Å². The average molecular weight is 295 g/mol. The molecule has 0 radical (unpaired) electrons. The normalized spacial score (nSPS) is 17.2. The van der Waals surface area contributed by atoms with Gasteiger partial charge in [-0.1, -0.05) is 13.8 Å². The molecule has 0 saturated heterocycles. The molecule has 1 N–H and O–H groups in total. The van der Waals surface area contributed by atoms with Crippen molar-refractivity contribution < 1.29 is 14.3 Å². The predicted octanol–water partition coefficient (Wildman–Crippen LogP) is 1.07. The molecule has 6 heteroatoms. The van der Waals surface area contributed by atoms with Gasteiger partial charge in [0, 0.05) is 6.04 Å². The van der Waals surface area contributed by atoms with Gasteiger partial charge in [0.2, 0.25) is 5.91 Å². The lowest BCUT2D eigenvalue weighted by molar-refractivity contribution is -0.144. The molecule has 0 aromatic carbocycles. The maximum atomic E-state index is 12.1. The Kier molecular flexibility index (Phi) is 6.16. The molecular formula is C15H25N3O3. The number of amides is 1. The molecule has 1 fully saturated rings. The molecule has 0 spiro atoms. The van der Waals surface area contributed by atoms with E-state index in [1.165, 1.54) is 0 Å². The molecule has 0 aromatic rings. The third kappa shape index (κ3) is 5.35. The van der Waals surface area contributed by atoms with Crippen LogP contribution in [0.5, 0.6) is 0 Å². The minimum Gasteiger partial charge on any atom is -0.465 e. The summed E-state index contributed by atoms with van der Waals surface area (Å²) in [5, 5.41) is 12.0. The van der Waals surface area contributed by atoms with E-state index in [9.17, 15) is 14.9 Å². The van der Waals surface area contributed by atoms with Crippen LogP contribution in [0.25, 0.3) is 0 Å². The van der Waals surface area contributed by atoms with Gasteiger partial charge in [0.05, 0.1) is 25.8 Å². The highest BCUT2D eigenvalue weighted by molar-refractivity contribution is 5.80. The van der Waals surface area contributed by atoms with Gasteiger partial charge >= 0.3 is 5.97 Å². The van der Waals surface area contributed by atoms with Crippen LogP contribution in [0.1, 0.15) is 40.5 Å². The maximum Gasteiger partial charge on any atom is 0.320 e. The number of esters is 1. The lowest BCUT2D eigenvalue weighted by Gasteiger charge is -2.29. The summed E-state index contributed by atoms with van der Waals surface area (Å²) in [4.78, 5) is 25.5. The summed E-state index contributed by atoms with van der Waals surface area (Å²) in [5.74, 6) is -0.543. The van der Waals surface area contributed by atoms with Gasteiger partial charge in [-0.05, 0) is 32.6 Å².